The van der Waals surface area contributed by atoms with E-state index in [2.05, 4.69) is 13.8 Å². The van der Waals surface area contributed by atoms with E-state index in [0.29, 0.717) is 32.3 Å². The lowest BCUT2D eigenvalue weighted by Gasteiger charge is -2.40. The summed E-state index contributed by atoms with van der Waals surface area (Å²) in [5, 5.41) is 21.1. The number of carbonyl (C=O) groups excluding carboxylic acids is 1. The van der Waals surface area contributed by atoms with E-state index in [0.717, 1.165) is 18.4 Å². The quantitative estimate of drug-likeness (QED) is 0.0851. The summed E-state index contributed by atoms with van der Waals surface area (Å²) in [4.78, 5) is 11.8. The molecule has 9 atom stereocenters. The summed E-state index contributed by atoms with van der Waals surface area (Å²) in [6.45, 7) is 8.52. The fraction of sp³-hybridized carbons (Fsp3) is 0.800. The van der Waals surface area contributed by atoms with Gasteiger partial charge in [-0.1, -0.05) is 57.5 Å². The van der Waals surface area contributed by atoms with Gasteiger partial charge in [-0.05, 0) is 44.1 Å². The Morgan fingerprint density at radius 1 is 1.07 bits per heavy atom. The van der Waals surface area contributed by atoms with E-state index in [1.165, 1.54) is 7.11 Å². The average molecular weight is 657 g/mol. The number of aliphatic hydroxyl groups is 2. The van der Waals surface area contributed by atoms with Crippen LogP contribution in [0.5, 0.6) is 0 Å². The Kier molecular flexibility index (Phi) is 19.4. The molecule has 1 aromatic carbocycles. The maximum Gasteiger partial charge on any atom is 0.305 e. The van der Waals surface area contributed by atoms with E-state index in [9.17, 15) is 15.0 Å². The van der Waals surface area contributed by atoms with Gasteiger partial charge in [0.05, 0.1) is 43.7 Å². The Bertz CT molecular complexity index is 934. The van der Waals surface area contributed by atoms with Crippen molar-refractivity contribution in [3.05, 3.63) is 35.9 Å². The molecule has 1 fully saturated rings. The van der Waals surface area contributed by atoms with Crippen LogP contribution in [0.15, 0.2) is 30.3 Å². The maximum absolute atomic E-state index is 11.8. The minimum absolute atomic E-state index is 0.0000639. The molecule has 0 radical (unpaired) electrons. The molecule has 1 aliphatic rings. The van der Waals surface area contributed by atoms with Gasteiger partial charge in [-0.3, -0.25) is 4.79 Å². The zero-order valence-corrected chi connectivity index (χ0v) is 29.1. The Hall–Kier alpha value is -1.67. The Balaban J connectivity index is 2.35. The predicted octanol–water partition coefficient (Wildman–Crippen LogP) is 4.85. The van der Waals surface area contributed by atoms with Crippen LogP contribution in [0, 0.1) is 17.8 Å². The number of esters is 1. The third kappa shape index (κ3) is 13.4. The summed E-state index contributed by atoms with van der Waals surface area (Å²) < 4.78 is 47.3. The molecular weight excluding hydrogens is 596 g/mol. The first-order chi connectivity index (χ1) is 22.1. The monoisotopic (exact) mass is 656 g/mol. The highest BCUT2D eigenvalue weighted by Gasteiger charge is 2.49. The summed E-state index contributed by atoms with van der Waals surface area (Å²) in [6.07, 6.45) is 1.40. The topological polar surface area (TPSA) is 131 Å². The SMILES string of the molecule is CCC[C@@H](CO)[C@H](O)C[C@@H](OCOC)[C@H](C)[C@H](OCOC)[C@H](OCOCc1ccccc1)[C@@H]1O[C@@](C)(CCCC(=O)OC)C[C@@H]1C. The third-order valence-corrected chi connectivity index (χ3v) is 8.95. The fourth-order valence-corrected chi connectivity index (χ4v) is 6.49. The lowest BCUT2D eigenvalue weighted by Crippen LogP contribution is -2.51. The molecule has 46 heavy (non-hydrogen) atoms. The van der Waals surface area contributed by atoms with E-state index in [1.807, 2.05) is 44.2 Å². The number of aliphatic hydroxyl groups excluding tert-OH is 2. The lowest BCUT2D eigenvalue weighted by atomic mass is 9.83. The van der Waals surface area contributed by atoms with Crippen molar-refractivity contribution in [1.29, 1.82) is 0 Å². The summed E-state index contributed by atoms with van der Waals surface area (Å²) in [5.74, 6) is -0.736. The van der Waals surface area contributed by atoms with Crippen molar-refractivity contribution < 1.29 is 52.9 Å². The van der Waals surface area contributed by atoms with Gasteiger partial charge < -0.3 is 48.1 Å². The second kappa shape index (κ2) is 22.1. The molecule has 266 valence electrons. The number of ether oxygens (including phenoxy) is 8. The highest BCUT2D eigenvalue weighted by atomic mass is 16.7. The number of methoxy groups -OCH3 is 3. The van der Waals surface area contributed by atoms with Gasteiger partial charge in [0.15, 0.2) is 0 Å². The Morgan fingerprint density at radius 3 is 2.39 bits per heavy atom. The van der Waals surface area contributed by atoms with E-state index < -0.39 is 30.0 Å². The zero-order chi connectivity index (χ0) is 34.0. The summed E-state index contributed by atoms with van der Waals surface area (Å²) >= 11 is 0. The van der Waals surface area contributed by atoms with Gasteiger partial charge >= 0.3 is 5.97 Å². The van der Waals surface area contributed by atoms with E-state index in [4.69, 9.17) is 37.9 Å². The molecule has 0 unspecified atom stereocenters. The van der Waals surface area contributed by atoms with Crippen molar-refractivity contribution in [2.45, 2.75) is 115 Å². The Morgan fingerprint density at radius 2 is 1.76 bits per heavy atom. The van der Waals surface area contributed by atoms with Crippen molar-refractivity contribution >= 4 is 5.97 Å². The fourth-order valence-electron chi connectivity index (χ4n) is 6.49. The van der Waals surface area contributed by atoms with Gasteiger partial charge in [0, 0.05) is 45.5 Å². The second-order valence-corrected chi connectivity index (χ2v) is 12.8. The highest BCUT2D eigenvalue weighted by molar-refractivity contribution is 5.69. The van der Waals surface area contributed by atoms with Gasteiger partial charge in [0.1, 0.15) is 26.5 Å². The van der Waals surface area contributed by atoms with Crippen LogP contribution < -0.4 is 0 Å². The number of carbonyl (C=O) groups is 1. The van der Waals surface area contributed by atoms with Crippen LogP contribution in [0.3, 0.4) is 0 Å². The van der Waals surface area contributed by atoms with Crippen molar-refractivity contribution in [3.8, 4) is 0 Å². The molecular formula is C35H60O11. The molecule has 1 saturated heterocycles. The lowest BCUT2D eigenvalue weighted by molar-refractivity contribution is -0.231. The minimum Gasteiger partial charge on any atom is -0.469 e. The molecule has 2 N–H and O–H groups in total. The van der Waals surface area contributed by atoms with Gasteiger partial charge in [0.25, 0.3) is 0 Å². The maximum atomic E-state index is 11.8. The molecule has 0 spiro atoms. The van der Waals surface area contributed by atoms with E-state index >= 15 is 0 Å². The zero-order valence-electron chi connectivity index (χ0n) is 29.1. The number of rotatable bonds is 25. The third-order valence-electron chi connectivity index (χ3n) is 8.95. The summed E-state index contributed by atoms with van der Waals surface area (Å²) in [6, 6.07) is 9.87. The van der Waals surface area contributed by atoms with Gasteiger partial charge in [-0.15, -0.1) is 0 Å². The van der Waals surface area contributed by atoms with Crippen LogP contribution in [0.4, 0.5) is 0 Å². The smallest absolute Gasteiger partial charge is 0.305 e. The van der Waals surface area contributed by atoms with Crippen LogP contribution in [0.2, 0.25) is 0 Å². The highest BCUT2D eigenvalue weighted by Crippen LogP contribution is 2.42. The van der Waals surface area contributed by atoms with Gasteiger partial charge in [0.2, 0.25) is 0 Å². The average Bonchev–Trinajstić information content (AvgIpc) is 3.35. The molecule has 2 rings (SSSR count). The standard InChI is InChI=1S/C35H60O11/c1-8-13-28(20-36)29(37)18-30(43-22-39-5)26(3)33(44-23-40-6)34(45-24-42-21-27-14-10-9-11-15-27)32-25(2)19-35(4,46-32)17-12-16-31(38)41-7/h9-11,14-15,25-26,28-30,32-34,36-37H,8,12-13,16-24H2,1-7H3/t25-,26-,28-,29+,30+,32+,33-,34+,35-/m0/s1. The second-order valence-electron chi connectivity index (χ2n) is 12.8. The van der Waals surface area contributed by atoms with Crippen molar-refractivity contribution in [2.24, 2.45) is 17.8 Å². The van der Waals surface area contributed by atoms with Crippen LogP contribution in [0.1, 0.15) is 78.2 Å². The molecule has 0 amide bonds. The van der Waals surface area contributed by atoms with Gasteiger partial charge in [-0.25, -0.2) is 0 Å². The molecule has 11 nitrogen and oxygen atoms in total. The summed E-state index contributed by atoms with van der Waals surface area (Å²) in [5.41, 5.74) is 0.551. The van der Waals surface area contributed by atoms with E-state index in [1.54, 1.807) is 14.2 Å². The molecule has 1 aliphatic heterocycles. The largest absolute Gasteiger partial charge is 0.469 e. The number of hydrogen-bond donors (Lipinski definition) is 2. The molecule has 0 aliphatic carbocycles. The van der Waals surface area contributed by atoms with Crippen LogP contribution >= 0.6 is 0 Å². The summed E-state index contributed by atoms with van der Waals surface area (Å²) in [7, 11) is 4.51. The first-order valence-corrected chi connectivity index (χ1v) is 16.6. The molecule has 0 bridgehead atoms. The molecule has 1 heterocycles. The first-order valence-electron chi connectivity index (χ1n) is 16.6. The molecule has 11 heteroatoms. The number of benzene rings is 1. The van der Waals surface area contributed by atoms with Crippen molar-refractivity contribution in [3.63, 3.8) is 0 Å². The molecule has 0 saturated carbocycles. The van der Waals surface area contributed by atoms with E-state index in [-0.39, 0.29) is 63.2 Å². The Labute approximate surface area is 276 Å². The first kappa shape index (κ1) is 40.5. The molecule has 1 aromatic rings. The van der Waals surface area contributed by atoms with Crippen LogP contribution in [-0.4, -0.2) is 101 Å². The van der Waals surface area contributed by atoms with Crippen LogP contribution in [0.25, 0.3) is 0 Å². The molecule has 0 aromatic heterocycles. The van der Waals surface area contributed by atoms with Gasteiger partial charge in [-0.2, -0.15) is 0 Å². The van der Waals surface area contributed by atoms with Crippen molar-refractivity contribution in [1.82, 2.24) is 0 Å². The minimum atomic E-state index is -0.786. The number of hydrogen-bond acceptors (Lipinski definition) is 11. The normalized spacial score (nSPS) is 23.8. The van der Waals surface area contributed by atoms with Crippen molar-refractivity contribution in [2.75, 3.05) is 48.3 Å². The van der Waals surface area contributed by atoms with Crippen LogP contribution in [-0.2, 0) is 49.3 Å². The predicted molar refractivity (Wildman–Crippen MR) is 173 cm³/mol.